The first-order valence-electron chi connectivity index (χ1n) is 5.37. The van der Waals surface area contributed by atoms with E-state index in [1.54, 1.807) is 11.3 Å². The molecule has 0 aliphatic carbocycles. The minimum atomic E-state index is 0.630. The summed E-state index contributed by atoms with van der Waals surface area (Å²) in [6, 6.07) is 0. The van der Waals surface area contributed by atoms with Gasteiger partial charge in [-0.15, -0.1) is 10.2 Å². The molecule has 0 fully saturated rings. The Hall–Kier alpha value is -1.20. The molecule has 0 unspecified atom stereocenters. The topological polar surface area (TPSA) is 51.0 Å². The fraction of sp³-hybridized carbons (Fsp3) is 0.455. The first-order chi connectivity index (χ1) is 7.81. The van der Waals surface area contributed by atoms with Gasteiger partial charge in [0.25, 0.3) is 0 Å². The Morgan fingerprint density at radius 1 is 1.38 bits per heavy atom. The highest BCUT2D eigenvalue weighted by atomic mass is 32.1. The van der Waals surface area contributed by atoms with Crippen LogP contribution < -0.4 is 5.32 Å². The largest absolute Gasteiger partial charge is 0.421 e. The van der Waals surface area contributed by atoms with E-state index in [1.807, 2.05) is 12.3 Å². The van der Waals surface area contributed by atoms with Crippen molar-refractivity contribution in [1.29, 1.82) is 0 Å². The van der Waals surface area contributed by atoms with Gasteiger partial charge >= 0.3 is 0 Å². The summed E-state index contributed by atoms with van der Waals surface area (Å²) in [4.78, 5) is 0. The van der Waals surface area contributed by atoms with Crippen molar-refractivity contribution in [2.24, 2.45) is 0 Å². The van der Waals surface area contributed by atoms with Gasteiger partial charge in [-0.25, -0.2) is 0 Å². The van der Waals surface area contributed by atoms with Gasteiger partial charge in [-0.05, 0) is 24.4 Å². The second-order valence-electron chi connectivity index (χ2n) is 3.57. The molecule has 2 aromatic heterocycles. The number of rotatable bonds is 5. The summed E-state index contributed by atoms with van der Waals surface area (Å²) < 4.78 is 5.60. The molecule has 5 heteroatoms. The average Bonchev–Trinajstić information content (AvgIpc) is 2.87. The van der Waals surface area contributed by atoms with Crippen LogP contribution >= 0.6 is 11.3 Å². The summed E-state index contributed by atoms with van der Waals surface area (Å²) in [5.74, 6) is 1.33. The molecule has 2 rings (SSSR count). The number of likely N-dealkylation sites (N-methyl/N-ethyl adjacent to an activating group) is 1. The van der Waals surface area contributed by atoms with Crippen LogP contribution in [0.3, 0.4) is 0 Å². The number of thiophene rings is 1. The van der Waals surface area contributed by atoms with Crippen molar-refractivity contribution in [3.8, 4) is 11.5 Å². The first-order valence-corrected chi connectivity index (χ1v) is 6.31. The van der Waals surface area contributed by atoms with Gasteiger partial charge < -0.3 is 9.73 Å². The van der Waals surface area contributed by atoms with E-state index in [0.29, 0.717) is 11.8 Å². The third kappa shape index (κ3) is 2.48. The molecule has 2 aromatic rings. The molecule has 0 saturated carbocycles. The van der Waals surface area contributed by atoms with Gasteiger partial charge in [0.1, 0.15) is 0 Å². The van der Waals surface area contributed by atoms with E-state index < -0.39 is 0 Å². The van der Waals surface area contributed by atoms with Crippen LogP contribution in [0.5, 0.6) is 0 Å². The van der Waals surface area contributed by atoms with E-state index in [1.165, 1.54) is 5.56 Å². The van der Waals surface area contributed by atoms with Gasteiger partial charge in [0, 0.05) is 18.3 Å². The van der Waals surface area contributed by atoms with Crippen LogP contribution in [0.1, 0.15) is 18.4 Å². The summed E-state index contributed by atoms with van der Waals surface area (Å²) in [7, 11) is 0. The molecular weight excluding hydrogens is 222 g/mol. The van der Waals surface area contributed by atoms with E-state index in [0.717, 1.165) is 25.1 Å². The Kier molecular flexibility index (Phi) is 3.69. The Morgan fingerprint density at radius 2 is 2.25 bits per heavy atom. The van der Waals surface area contributed by atoms with Crippen molar-refractivity contribution in [1.82, 2.24) is 15.5 Å². The van der Waals surface area contributed by atoms with Crippen molar-refractivity contribution in [2.75, 3.05) is 13.1 Å². The number of aromatic nitrogens is 2. The van der Waals surface area contributed by atoms with Crippen molar-refractivity contribution in [3.05, 3.63) is 22.2 Å². The second kappa shape index (κ2) is 5.23. The lowest BCUT2D eigenvalue weighted by Gasteiger charge is -1.96. The quantitative estimate of drug-likeness (QED) is 0.810. The standard InChI is InChI=1S/C11H15N3OS/c1-3-12-5-4-10-13-14-11(15-10)9-7-16-6-8(9)2/h6-7,12H,3-5H2,1-2H3. The molecule has 2 heterocycles. The van der Waals surface area contributed by atoms with E-state index in [9.17, 15) is 0 Å². The molecule has 0 bridgehead atoms. The smallest absolute Gasteiger partial charge is 0.248 e. The number of hydrogen-bond acceptors (Lipinski definition) is 5. The zero-order valence-electron chi connectivity index (χ0n) is 9.49. The highest BCUT2D eigenvalue weighted by Crippen LogP contribution is 2.25. The van der Waals surface area contributed by atoms with Crippen LogP contribution in [0.4, 0.5) is 0 Å². The van der Waals surface area contributed by atoms with Crippen LogP contribution in [0, 0.1) is 6.92 Å². The monoisotopic (exact) mass is 237 g/mol. The first kappa shape index (κ1) is 11.3. The van der Waals surface area contributed by atoms with Crippen molar-refractivity contribution in [3.63, 3.8) is 0 Å². The number of nitrogens with zero attached hydrogens (tertiary/aromatic N) is 2. The maximum atomic E-state index is 5.60. The maximum Gasteiger partial charge on any atom is 0.248 e. The highest BCUT2D eigenvalue weighted by molar-refractivity contribution is 7.08. The molecule has 0 atom stereocenters. The van der Waals surface area contributed by atoms with Gasteiger partial charge in [-0.2, -0.15) is 11.3 Å². The molecule has 1 N–H and O–H groups in total. The van der Waals surface area contributed by atoms with Crippen molar-refractivity contribution < 1.29 is 4.42 Å². The maximum absolute atomic E-state index is 5.60. The summed E-state index contributed by atoms with van der Waals surface area (Å²) in [6.07, 6.45) is 0.782. The summed E-state index contributed by atoms with van der Waals surface area (Å²) in [5, 5.41) is 15.4. The van der Waals surface area contributed by atoms with Gasteiger partial charge in [-0.1, -0.05) is 6.92 Å². The third-order valence-corrected chi connectivity index (χ3v) is 3.18. The molecule has 0 radical (unpaired) electrons. The lowest BCUT2D eigenvalue weighted by atomic mass is 10.2. The second-order valence-corrected chi connectivity index (χ2v) is 4.32. The normalized spacial score (nSPS) is 10.9. The minimum Gasteiger partial charge on any atom is -0.421 e. The van der Waals surface area contributed by atoms with Gasteiger partial charge in [-0.3, -0.25) is 0 Å². The fourth-order valence-corrected chi connectivity index (χ4v) is 2.24. The molecule has 16 heavy (non-hydrogen) atoms. The van der Waals surface area contributed by atoms with Crippen LogP contribution in [0.15, 0.2) is 15.2 Å². The Balaban J connectivity index is 2.05. The van der Waals surface area contributed by atoms with Crippen molar-refractivity contribution in [2.45, 2.75) is 20.3 Å². The number of aryl methyl sites for hydroxylation is 1. The summed E-state index contributed by atoms with van der Waals surface area (Å²) in [5.41, 5.74) is 2.24. The Bertz CT molecular complexity index is 450. The molecule has 0 spiro atoms. The van der Waals surface area contributed by atoms with Crippen LogP contribution in [-0.2, 0) is 6.42 Å². The fourth-order valence-electron chi connectivity index (χ4n) is 1.42. The molecule has 4 nitrogen and oxygen atoms in total. The van der Waals surface area contributed by atoms with Gasteiger partial charge in [0.05, 0.1) is 5.56 Å². The van der Waals surface area contributed by atoms with Crippen LogP contribution in [0.25, 0.3) is 11.5 Å². The summed E-state index contributed by atoms with van der Waals surface area (Å²) >= 11 is 1.65. The number of hydrogen-bond donors (Lipinski definition) is 1. The lowest BCUT2D eigenvalue weighted by Crippen LogP contribution is -2.16. The molecule has 0 aromatic carbocycles. The molecule has 0 aliphatic rings. The van der Waals surface area contributed by atoms with Crippen LogP contribution in [0.2, 0.25) is 0 Å². The third-order valence-electron chi connectivity index (χ3n) is 2.32. The van der Waals surface area contributed by atoms with E-state index in [4.69, 9.17) is 4.42 Å². The van der Waals surface area contributed by atoms with Crippen molar-refractivity contribution >= 4 is 11.3 Å². The average molecular weight is 237 g/mol. The van der Waals surface area contributed by atoms with Gasteiger partial charge in [0.2, 0.25) is 11.8 Å². The zero-order valence-corrected chi connectivity index (χ0v) is 10.3. The predicted octanol–water partition coefficient (Wildman–Crippen LogP) is 2.26. The predicted molar refractivity (Wildman–Crippen MR) is 64.6 cm³/mol. The molecule has 0 amide bonds. The van der Waals surface area contributed by atoms with E-state index in [2.05, 4.69) is 27.8 Å². The SMILES string of the molecule is CCNCCc1nnc(-c2cscc2C)o1. The van der Waals surface area contributed by atoms with E-state index >= 15 is 0 Å². The Morgan fingerprint density at radius 3 is 2.94 bits per heavy atom. The molecule has 86 valence electrons. The highest BCUT2D eigenvalue weighted by Gasteiger charge is 2.10. The van der Waals surface area contributed by atoms with E-state index in [-0.39, 0.29) is 0 Å². The van der Waals surface area contributed by atoms with Gasteiger partial charge in [0.15, 0.2) is 0 Å². The van der Waals surface area contributed by atoms with Crippen LogP contribution in [-0.4, -0.2) is 23.3 Å². The molecule has 0 saturated heterocycles. The number of nitrogens with one attached hydrogen (secondary N) is 1. The minimum absolute atomic E-state index is 0.630. The molecular formula is C11H15N3OS. The Labute approximate surface area is 98.7 Å². The lowest BCUT2D eigenvalue weighted by molar-refractivity contribution is 0.496. The zero-order chi connectivity index (χ0) is 11.4. The molecule has 0 aliphatic heterocycles. The summed E-state index contributed by atoms with van der Waals surface area (Å²) in [6.45, 7) is 5.97.